The van der Waals surface area contributed by atoms with Gasteiger partial charge >= 0.3 is 0 Å². The molecule has 0 saturated heterocycles. The van der Waals surface area contributed by atoms with E-state index >= 15 is 0 Å². The van der Waals surface area contributed by atoms with Crippen LogP contribution in [0.25, 0.3) is 0 Å². The fourth-order valence-electron chi connectivity index (χ4n) is 1.28. The summed E-state index contributed by atoms with van der Waals surface area (Å²) in [5.74, 6) is 0. The van der Waals surface area contributed by atoms with Gasteiger partial charge in [0.15, 0.2) is 0 Å². The van der Waals surface area contributed by atoms with Crippen LogP contribution in [-0.2, 0) is 0 Å². The molecule has 88 valence electrons. The van der Waals surface area contributed by atoms with Crippen molar-refractivity contribution in [1.29, 1.82) is 0 Å². The molecular weight excluding hydrogens is 274 g/mol. The predicted octanol–water partition coefficient (Wildman–Crippen LogP) is 2.51. The number of nitro benzene ring substituents is 1. The molecule has 0 heterocycles. The van der Waals surface area contributed by atoms with Crippen LogP contribution in [0.4, 0.5) is 11.4 Å². The highest BCUT2D eigenvalue weighted by Gasteiger charge is 2.11. The Morgan fingerprint density at radius 2 is 2.31 bits per heavy atom. The minimum Gasteiger partial charge on any atom is -0.380 e. The third-order valence-corrected chi connectivity index (χ3v) is 2.96. The SMILES string of the molecule is CCC(CN)Nc1ccc([N+](=O)[O-])cc1Br. The second-order valence-electron chi connectivity index (χ2n) is 3.41. The van der Waals surface area contributed by atoms with Crippen LogP contribution in [-0.4, -0.2) is 17.5 Å². The van der Waals surface area contributed by atoms with Crippen molar-refractivity contribution in [3.63, 3.8) is 0 Å². The number of nitrogens with zero attached hydrogens (tertiary/aromatic N) is 1. The Labute approximate surface area is 102 Å². The van der Waals surface area contributed by atoms with E-state index in [1.165, 1.54) is 12.1 Å². The van der Waals surface area contributed by atoms with Crippen molar-refractivity contribution in [3.8, 4) is 0 Å². The number of benzene rings is 1. The molecule has 0 aliphatic heterocycles. The maximum Gasteiger partial charge on any atom is 0.270 e. The first kappa shape index (κ1) is 12.9. The lowest BCUT2D eigenvalue weighted by Crippen LogP contribution is -2.28. The van der Waals surface area contributed by atoms with Crippen molar-refractivity contribution in [3.05, 3.63) is 32.8 Å². The first-order chi connectivity index (χ1) is 7.58. The van der Waals surface area contributed by atoms with Crippen molar-refractivity contribution in [1.82, 2.24) is 0 Å². The number of nitrogens with two attached hydrogens (primary N) is 1. The third kappa shape index (κ3) is 3.18. The van der Waals surface area contributed by atoms with E-state index in [0.717, 1.165) is 12.1 Å². The summed E-state index contributed by atoms with van der Waals surface area (Å²) >= 11 is 3.29. The van der Waals surface area contributed by atoms with Gasteiger partial charge in [0.1, 0.15) is 0 Å². The van der Waals surface area contributed by atoms with Crippen LogP contribution in [0.15, 0.2) is 22.7 Å². The highest BCUT2D eigenvalue weighted by atomic mass is 79.9. The minimum atomic E-state index is -0.422. The number of non-ortho nitro benzene ring substituents is 1. The molecule has 5 nitrogen and oxygen atoms in total. The number of anilines is 1. The molecule has 0 radical (unpaired) electrons. The molecule has 0 saturated carbocycles. The van der Waals surface area contributed by atoms with Crippen LogP contribution < -0.4 is 11.1 Å². The van der Waals surface area contributed by atoms with Crippen LogP contribution in [0.2, 0.25) is 0 Å². The molecule has 6 heteroatoms. The lowest BCUT2D eigenvalue weighted by molar-refractivity contribution is -0.384. The van der Waals surface area contributed by atoms with E-state index in [2.05, 4.69) is 21.2 Å². The van der Waals surface area contributed by atoms with E-state index < -0.39 is 4.92 Å². The Morgan fingerprint density at radius 1 is 1.62 bits per heavy atom. The Kier molecular flexibility index (Phi) is 4.70. The Morgan fingerprint density at radius 3 is 2.75 bits per heavy atom. The fourth-order valence-corrected chi connectivity index (χ4v) is 1.76. The molecule has 16 heavy (non-hydrogen) atoms. The average molecular weight is 288 g/mol. The molecule has 0 amide bonds. The number of hydrogen-bond acceptors (Lipinski definition) is 4. The second-order valence-corrected chi connectivity index (χ2v) is 4.26. The van der Waals surface area contributed by atoms with Crippen LogP contribution in [0.5, 0.6) is 0 Å². The van der Waals surface area contributed by atoms with E-state index in [1.54, 1.807) is 6.07 Å². The van der Waals surface area contributed by atoms with Gasteiger partial charge in [-0.15, -0.1) is 0 Å². The van der Waals surface area contributed by atoms with Gasteiger partial charge in [-0.25, -0.2) is 0 Å². The maximum absolute atomic E-state index is 10.5. The van der Waals surface area contributed by atoms with Gasteiger partial charge in [-0.05, 0) is 28.4 Å². The van der Waals surface area contributed by atoms with Gasteiger partial charge in [0.25, 0.3) is 5.69 Å². The molecule has 1 unspecified atom stereocenters. The van der Waals surface area contributed by atoms with Gasteiger partial charge in [0, 0.05) is 34.9 Å². The van der Waals surface area contributed by atoms with Gasteiger partial charge < -0.3 is 11.1 Å². The summed E-state index contributed by atoms with van der Waals surface area (Å²) < 4.78 is 0.675. The van der Waals surface area contributed by atoms with E-state index in [-0.39, 0.29) is 11.7 Å². The maximum atomic E-state index is 10.5. The number of hydrogen-bond donors (Lipinski definition) is 2. The topological polar surface area (TPSA) is 81.2 Å². The normalized spacial score (nSPS) is 12.2. The molecule has 1 aromatic carbocycles. The lowest BCUT2D eigenvalue weighted by atomic mass is 10.2. The van der Waals surface area contributed by atoms with E-state index in [9.17, 15) is 10.1 Å². The summed E-state index contributed by atoms with van der Waals surface area (Å²) in [6, 6.07) is 4.81. The highest BCUT2D eigenvalue weighted by molar-refractivity contribution is 9.10. The standard InChI is InChI=1S/C10H14BrN3O2/c1-2-7(6-12)13-10-4-3-8(14(15)16)5-9(10)11/h3-5,7,13H,2,6,12H2,1H3. The lowest BCUT2D eigenvalue weighted by Gasteiger charge is -2.16. The Hall–Kier alpha value is -1.14. The zero-order chi connectivity index (χ0) is 12.1. The first-order valence-corrected chi connectivity index (χ1v) is 5.78. The number of nitro groups is 1. The molecule has 0 spiro atoms. The monoisotopic (exact) mass is 287 g/mol. The van der Waals surface area contributed by atoms with Crippen LogP contribution in [0.3, 0.4) is 0 Å². The average Bonchev–Trinajstić information content (AvgIpc) is 2.27. The summed E-state index contributed by atoms with van der Waals surface area (Å²) in [5, 5.41) is 13.8. The molecular formula is C10H14BrN3O2. The molecule has 0 aliphatic carbocycles. The first-order valence-electron chi connectivity index (χ1n) is 4.99. The predicted molar refractivity (Wildman–Crippen MR) is 67.6 cm³/mol. The van der Waals surface area contributed by atoms with Crippen LogP contribution >= 0.6 is 15.9 Å². The summed E-state index contributed by atoms with van der Waals surface area (Å²) in [4.78, 5) is 10.1. The minimum absolute atomic E-state index is 0.0678. The Bertz CT molecular complexity index is 380. The number of halogens is 1. The van der Waals surface area contributed by atoms with Crippen molar-refractivity contribution in [2.24, 2.45) is 5.73 Å². The molecule has 3 N–H and O–H groups in total. The van der Waals surface area contributed by atoms with Gasteiger partial charge in [-0.1, -0.05) is 6.92 Å². The van der Waals surface area contributed by atoms with Gasteiger partial charge in [0.2, 0.25) is 0 Å². The largest absolute Gasteiger partial charge is 0.380 e. The van der Waals surface area contributed by atoms with Crippen molar-refractivity contribution in [2.75, 3.05) is 11.9 Å². The van der Waals surface area contributed by atoms with Gasteiger partial charge in [-0.3, -0.25) is 10.1 Å². The quantitative estimate of drug-likeness (QED) is 0.644. The zero-order valence-electron chi connectivity index (χ0n) is 8.94. The van der Waals surface area contributed by atoms with Gasteiger partial charge in [-0.2, -0.15) is 0 Å². The van der Waals surface area contributed by atoms with Crippen molar-refractivity contribution >= 4 is 27.3 Å². The summed E-state index contributed by atoms with van der Waals surface area (Å²) in [6.07, 6.45) is 0.903. The molecule has 1 atom stereocenters. The molecule has 1 rings (SSSR count). The fraction of sp³-hybridized carbons (Fsp3) is 0.400. The summed E-state index contributed by atoms with van der Waals surface area (Å²) in [5.41, 5.74) is 6.46. The molecule has 0 bridgehead atoms. The molecule has 1 aromatic rings. The number of nitrogens with one attached hydrogen (secondary N) is 1. The van der Waals surface area contributed by atoms with E-state index in [4.69, 9.17) is 5.73 Å². The third-order valence-electron chi connectivity index (χ3n) is 2.30. The molecule has 0 fully saturated rings. The van der Waals surface area contributed by atoms with Gasteiger partial charge in [0.05, 0.1) is 4.92 Å². The number of rotatable bonds is 5. The van der Waals surface area contributed by atoms with Crippen molar-refractivity contribution in [2.45, 2.75) is 19.4 Å². The summed E-state index contributed by atoms with van der Waals surface area (Å²) in [6.45, 7) is 2.56. The molecule has 0 aromatic heterocycles. The molecule has 0 aliphatic rings. The highest BCUT2D eigenvalue weighted by Crippen LogP contribution is 2.27. The Balaban J connectivity index is 2.86. The smallest absolute Gasteiger partial charge is 0.270 e. The van der Waals surface area contributed by atoms with E-state index in [1.807, 2.05) is 6.92 Å². The summed E-state index contributed by atoms with van der Waals surface area (Å²) in [7, 11) is 0. The zero-order valence-corrected chi connectivity index (χ0v) is 10.5. The van der Waals surface area contributed by atoms with Crippen LogP contribution in [0.1, 0.15) is 13.3 Å². The van der Waals surface area contributed by atoms with Crippen molar-refractivity contribution < 1.29 is 4.92 Å². The second kappa shape index (κ2) is 5.81. The van der Waals surface area contributed by atoms with Crippen LogP contribution in [0, 0.1) is 10.1 Å². The van der Waals surface area contributed by atoms with E-state index in [0.29, 0.717) is 11.0 Å².